The van der Waals surface area contributed by atoms with Crippen molar-refractivity contribution in [1.82, 2.24) is 14.8 Å². The number of aromatic nitrogens is 3. The molecule has 0 radical (unpaired) electrons. The van der Waals surface area contributed by atoms with Gasteiger partial charge in [-0.1, -0.05) is 31.2 Å². The van der Waals surface area contributed by atoms with E-state index in [9.17, 15) is 4.79 Å². The number of benzene rings is 1. The molecule has 2 aromatic heterocycles. The first kappa shape index (κ1) is 19.1. The van der Waals surface area contributed by atoms with Crippen molar-refractivity contribution in [3.05, 3.63) is 51.4 Å². The van der Waals surface area contributed by atoms with Gasteiger partial charge in [0.05, 0.1) is 24.4 Å². The molecule has 8 nitrogen and oxygen atoms in total. The number of nitrogen functional groups attached to an aromatic ring is 1. The number of methoxy groups -OCH3 is 1. The number of H-pyrrole nitrogens is 1. The van der Waals surface area contributed by atoms with Crippen LogP contribution in [-0.4, -0.2) is 40.9 Å². The van der Waals surface area contributed by atoms with Crippen LogP contribution in [0.3, 0.4) is 0 Å². The number of rotatable bonds is 5. The first-order chi connectivity index (χ1) is 14.2. The third-order valence-corrected chi connectivity index (χ3v) is 5.20. The SMILES string of the molecule is CCC1CC=c2c(n(-c3ccccc3)c(=O)c3c(N)n[nH]c23)=NC1=NCCOC. The Morgan fingerprint density at radius 3 is 2.86 bits per heavy atom. The standard InChI is InChI=1S/C21H24N6O2/c1-3-13-9-10-15-17-16(18(22)26-25-17)21(28)27(14-7-5-4-6-8-14)20(15)24-19(13)23-11-12-29-2/h4-8,10,13H,3,9,11-12H2,1-2H3,(H3,22,25,26). The zero-order valence-corrected chi connectivity index (χ0v) is 16.6. The summed E-state index contributed by atoms with van der Waals surface area (Å²) in [6.07, 6.45) is 3.76. The molecule has 1 unspecified atom stereocenters. The number of ether oxygens (including phenoxy) is 1. The van der Waals surface area contributed by atoms with Crippen molar-refractivity contribution >= 4 is 28.6 Å². The Labute approximate surface area is 167 Å². The maximum atomic E-state index is 13.4. The largest absolute Gasteiger partial charge is 0.383 e. The summed E-state index contributed by atoms with van der Waals surface area (Å²) >= 11 is 0. The van der Waals surface area contributed by atoms with Gasteiger partial charge in [0.25, 0.3) is 5.56 Å². The van der Waals surface area contributed by atoms with E-state index in [1.807, 2.05) is 30.3 Å². The lowest BCUT2D eigenvalue weighted by atomic mass is 10.0. The molecule has 3 heterocycles. The van der Waals surface area contributed by atoms with Crippen LogP contribution in [0.25, 0.3) is 22.7 Å². The summed E-state index contributed by atoms with van der Waals surface area (Å²) < 4.78 is 6.74. The maximum Gasteiger partial charge on any atom is 0.270 e. The summed E-state index contributed by atoms with van der Waals surface area (Å²) in [5, 5.41) is 8.21. The van der Waals surface area contributed by atoms with Crippen LogP contribution in [0.2, 0.25) is 0 Å². The summed E-state index contributed by atoms with van der Waals surface area (Å²) in [6.45, 7) is 3.16. The highest BCUT2D eigenvalue weighted by molar-refractivity contribution is 5.90. The van der Waals surface area contributed by atoms with E-state index >= 15 is 0 Å². The molecule has 150 valence electrons. The monoisotopic (exact) mass is 392 g/mol. The van der Waals surface area contributed by atoms with E-state index in [0.717, 1.165) is 29.6 Å². The van der Waals surface area contributed by atoms with Crippen molar-refractivity contribution in [2.75, 3.05) is 26.0 Å². The smallest absolute Gasteiger partial charge is 0.270 e. The molecule has 3 aromatic rings. The van der Waals surface area contributed by atoms with Crippen LogP contribution >= 0.6 is 0 Å². The maximum absolute atomic E-state index is 13.4. The van der Waals surface area contributed by atoms with Gasteiger partial charge < -0.3 is 10.5 Å². The minimum atomic E-state index is -0.250. The van der Waals surface area contributed by atoms with Gasteiger partial charge in [-0.3, -0.25) is 19.5 Å². The highest BCUT2D eigenvalue weighted by atomic mass is 16.5. The summed E-state index contributed by atoms with van der Waals surface area (Å²) in [4.78, 5) is 23.0. The average Bonchev–Trinajstić information content (AvgIpc) is 3.02. The lowest BCUT2D eigenvalue weighted by Crippen LogP contribution is -2.43. The van der Waals surface area contributed by atoms with Crippen LogP contribution in [0, 0.1) is 5.92 Å². The van der Waals surface area contributed by atoms with E-state index in [1.165, 1.54) is 0 Å². The van der Waals surface area contributed by atoms with Crippen molar-refractivity contribution in [1.29, 1.82) is 0 Å². The van der Waals surface area contributed by atoms with Gasteiger partial charge >= 0.3 is 0 Å². The Hall–Kier alpha value is -3.26. The van der Waals surface area contributed by atoms with Crippen LogP contribution in [0.1, 0.15) is 19.8 Å². The van der Waals surface area contributed by atoms with Crippen LogP contribution < -0.4 is 22.0 Å². The first-order valence-corrected chi connectivity index (χ1v) is 9.71. The van der Waals surface area contributed by atoms with Gasteiger partial charge in [0.1, 0.15) is 11.2 Å². The number of nitrogens with zero attached hydrogens (tertiary/aromatic N) is 4. The zero-order chi connectivity index (χ0) is 20.4. The van der Waals surface area contributed by atoms with Crippen molar-refractivity contribution in [3.63, 3.8) is 0 Å². The molecule has 29 heavy (non-hydrogen) atoms. The number of aliphatic imine (C=N–C) groups is 1. The minimum absolute atomic E-state index is 0.161. The minimum Gasteiger partial charge on any atom is -0.383 e. The van der Waals surface area contributed by atoms with Crippen molar-refractivity contribution in [2.24, 2.45) is 15.9 Å². The lowest BCUT2D eigenvalue weighted by molar-refractivity contribution is 0.208. The van der Waals surface area contributed by atoms with E-state index < -0.39 is 0 Å². The zero-order valence-electron chi connectivity index (χ0n) is 16.6. The number of amidine groups is 1. The molecule has 1 aromatic carbocycles. The van der Waals surface area contributed by atoms with Crippen LogP contribution in [-0.2, 0) is 4.74 Å². The van der Waals surface area contributed by atoms with E-state index in [4.69, 9.17) is 15.5 Å². The second kappa shape index (κ2) is 8.00. The number of hydrogen-bond acceptors (Lipinski definition) is 5. The molecular weight excluding hydrogens is 368 g/mol. The molecule has 1 aliphatic rings. The highest BCUT2D eigenvalue weighted by Crippen LogP contribution is 2.16. The Kier molecular flexibility index (Phi) is 5.26. The lowest BCUT2D eigenvalue weighted by Gasteiger charge is -2.11. The number of anilines is 1. The second-order valence-corrected chi connectivity index (χ2v) is 6.96. The quantitative estimate of drug-likeness (QED) is 0.635. The molecular formula is C21H24N6O2. The summed E-state index contributed by atoms with van der Waals surface area (Å²) in [5.74, 6) is 1.08. The Morgan fingerprint density at radius 1 is 1.34 bits per heavy atom. The Balaban J connectivity index is 2.12. The van der Waals surface area contributed by atoms with E-state index in [0.29, 0.717) is 29.5 Å². The van der Waals surface area contributed by atoms with E-state index in [-0.39, 0.29) is 17.3 Å². The van der Waals surface area contributed by atoms with Crippen molar-refractivity contribution < 1.29 is 4.74 Å². The van der Waals surface area contributed by atoms with Gasteiger partial charge in [-0.05, 0) is 25.0 Å². The van der Waals surface area contributed by atoms with E-state index in [2.05, 4.69) is 28.2 Å². The van der Waals surface area contributed by atoms with Gasteiger partial charge in [0, 0.05) is 18.2 Å². The summed E-state index contributed by atoms with van der Waals surface area (Å²) in [5.41, 5.74) is 7.65. The fourth-order valence-electron chi connectivity index (χ4n) is 3.66. The number of hydrogen-bond donors (Lipinski definition) is 2. The molecule has 3 N–H and O–H groups in total. The van der Waals surface area contributed by atoms with Crippen molar-refractivity contribution in [3.8, 4) is 5.69 Å². The van der Waals surface area contributed by atoms with Gasteiger partial charge in [0.2, 0.25) is 0 Å². The molecule has 0 saturated carbocycles. The molecule has 0 bridgehead atoms. The number of pyridine rings is 1. The summed E-state index contributed by atoms with van der Waals surface area (Å²) in [6, 6.07) is 9.44. The van der Waals surface area contributed by atoms with Gasteiger partial charge in [0.15, 0.2) is 11.3 Å². The molecule has 0 saturated heterocycles. The van der Waals surface area contributed by atoms with E-state index in [1.54, 1.807) is 11.7 Å². The molecule has 0 amide bonds. The number of nitrogens with two attached hydrogens (primary N) is 1. The predicted molar refractivity (Wildman–Crippen MR) is 114 cm³/mol. The molecule has 1 aliphatic heterocycles. The number of para-hydroxylation sites is 1. The fraction of sp³-hybridized carbons (Fsp3) is 0.333. The Morgan fingerprint density at radius 2 is 2.14 bits per heavy atom. The van der Waals surface area contributed by atoms with Crippen molar-refractivity contribution in [2.45, 2.75) is 19.8 Å². The normalized spacial score (nSPS) is 17.6. The predicted octanol–water partition coefficient (Wildman–Crippen LogP) is 1.17. The molecule has 0 fully saturated rings. The van der Waals surface area contributed by atoms with Gasteiger partial charge in [-0.15, -0.1) is 0 Å². The topological polar surface area (TPSA) is 111 Å². The molecule has 8 heteroatoms. The molecule has 0 aliphatic carbocycles. The van der Waals surface area contributed by atoms with Crippen LogP contribution in [0.5, 0.6) is 0 Å². The summed E-state index contributed by atoms with van der Waals surface area (Å²) in [7, 11) is 1.65. The number of aromatic amines is 1. The molecule has 4 rings (SSSR count). The second-order valence-electron chi connectivity index (χ2n) is 6.96. The third kappa shape index (κ3) is 3.36. The fourth-order valence-corrected chi connectivity index (χ4v) is 3.66. The molecule has 0 spiro atoms. The molecule has 1 atom stereocenters. The first-order valence-electron chi connectivity index (χ1n) is 9.71. The van der Waals surface area contributed by atoms with Gasteiger partial charge in [-0.25, -0.2) is 4.99 Å². The average molecular weight is 392 g/mol. The Bertz CT molecular complexity index is 1240. The number of nitrogens with one attached hydrogen (secondary N) is 1. The highest BCUT2D eigenvalue weighted by Gasteiger charge is 2.21. The van der Waals surface area contributed by atoms with Crippen LogP contribution in [0.4, 0.5) is 5.82 Å². The third-order valence-electron chi connectivity index (χ3n) is 5.20. The van der Waals surface area contributed by atoms with Crippen LogP contribution in [0.15, 0.2) is 45.1 Å². The van der Waals surface area contributed by atoms with Gasteiger partial charge in [-0.2, -0.15) is 5.10 Å². The number of fused-ring (bicyclic) bond motifs is 3.